The van der Waals surface area contributed by atoms with Crippen molar-refractivity contribution in [3.8, 4) is 11.5 Å². The number of rotatable bonds is 4. The first-order valence-corrected chi connectivity index (χ1v) is 6.18. The first-order chi connectivity index (χ1) is 9.06. The molecule has 4 nitrogen and oxygen atoms in total. The maximum Gasteiger partial charge on any atom is 0.131 e. The zero-order valence-corrected chi connectivity index (χ0v) is 11.6. The molecule has 1 aromatic carbocycles. The molecule has 0 saturated heterocycles. The number of benzene rings is 1. The Labute approximate surface area is 117 Å². The second-order valence-corrected chi connectivity index (χ2v) is 4.67. The van der Waals surface area contributed by atoms with Gasteiger partial charge in [-0.05, 0) is 18.2 Å². The van der Waals surface area contributed by atoms with Crippen LogP contribution in [0.25, 0.3) is 0 Å². The van der Waals surface area contributed by atoms with Gasteiger partial charge in [-0.25, -0.2) is 0 Å². The van der Waals surface area contributed by atoms with E-state index in [1.54, 1.807) is 18.3 Å². The first-order valence-electron chi connectivity index (χ1n) is 5.77. The second kappa shape index (κ2) is 5.67. The van der Waals surface area contributed by atoms with E-state index in [1.807, 2.05) is 43.3 Å². The zero-order chi connectivity index (χ0) is 13.8. The van der Waals surface area contributed by atoms with E-state index in [4.69, 9.17) is 22.7 Å². The number of nitrogens with zero attached hydrogens (tertiary/aromatic N) is 2. The molecule has 0 aliphatic carbocycles. The lowest BCUT2D eigenvalue weighted by Gasteiger charge is -2.14. The number of pyridine rings is 1. The maximum absolute atomic E-state index is 5.78. The van der Waals surface area contributed by atoms with Crippen molar-refractivity contribution in [3.05, 3.63) is 48.3 Å². The number of aromatic nitrogens is 1. The van der Waals surface area contributed by atoms with Crippen LogP contribution in [0, 0.1) is 0 Å². The van der Waals surface area contributed by atoms with E-state index >= 15 is 0 Å². The van der Waals surface area contributed by atoms with Crippen molar-refractivity contribution in [1.82, 2.24) is 4.98 Å². The van der Waals surface area contributed by atoms with Gasteiger partial charge in [-0.2, -0.15) is 0 Å². The molecule has 0 saturated carbocycles. The van der Waals surface area contributed by atoms with Crippen molar-refractivity contribution in [2.75, 3.05) is 19.0 Å². The zero-order valence-electron chi connectivity index (χ0n) is 10.8. The Morgan fingerprint density at radius 3 is 2.63 bits per heavy atom. The monoisotopic (exact) mass is 273 g/mol. The third kappa shape index (κ3) is 3.42. The standard InChI is InChI=1S/C14H15N3OS/c1-17(2)10-4-3-5-11(8-10)18-12-6-7-16-13(9-12)14(15)19/h3-9H,1-2H3,(H2,15,19). The van der Waals surface area contributed by atoms with Crippen molar-refractivity contribution in [2.24, 2.45) is 5.73 Å². The second-order valence-electron chi connectivity index (χ2n) is 4.23. The van der Waals surface area contributed by atoms with E-state index in [0.717, 1.165) is 11.4 Å². The van der Waals surface area contributed by atoms with E-state index in [-0.39, 0.29) is 4.99 Å². The van der Waals surface area contributed by atoms with Crippen LogP contribution in [0.3, 0.4) is 0 Å². The number of anilines is 1. The summed E-state index contributed by atoms with van der Waals surface area (Å²) in [5.74, 6) is 1.42. The maximum atomic E-state index is 5.78. The molecule has 19 heavy (non-hydrogen) atoms. The van der Waals surface area contributed by atoms with Gasteiger partial charge < -0.3 is 15.4 Å². The van der Waals surface area contributed by atoms with Crippen LogP contribution in [0.15, 0.2) is 42.6 Å². The van der Waals surface area contributed by atoms with Gasteiger partial charge in [-0.1, -0.05) is 18.3 Å². The summed E-state index contributed by atoms with van der Waals surface area (Å²) in [6.07, 6.45) is 1.62. The van der Waals surface area contributed by atoms with Crippen molar-refractivity contribution in [3.63, 3.8) is 0 Å². The topological polar surface area (TPSA) is 51.4 Å². The normalized spacial score (nSPS) is 10.0. The van der Waals surface area contributed by atoms with Gasteiger partial charge in [-0.15, -0.1) is 0 Å². The minimum absolute atomic E-state index is 0.257. The summed E-state index contributed by atoms with van der Waals surface area (Å²) in [6, 6.07) is 11.3. The highest BCUT2D eigenvalue weighted by molar-refractivity contribution is 7.80. The molecule has 0 spiro atoms. The Balaban J connectivity index is 2.23. The summed E-state index contributed by atoms with van der Waals surface area (Å²) < 4.78 is 5.78. The van der Waals surface area contributed by atoms with E-state index in [9.17, 15) is 0 Å². The molecule has 0 amide bonds. The molecule has 5 heteroatoms. The molecule has 0 radical (unpaired) electrons. The SMILES string of the molecule is CN(C)c1cccc(Oc2ccnc(C(N)=S)c2)c1. The highest BCUT2D eigenvalue weighted by Crippen LogP contribution is 2.25. The summed E-state index contributed by atoms with van der Waals surface area (Å²) in [7, 11) is 3.97. The van der Waals surface area contributed by atoms with Crippen LogP contribution >= 0.6 is 12.2 Å². The van der Waals surface area contributed by atoms with Crippen LogP contribution in [-0.2, 0) is 0 Å². The Bertz CT molecular complexity index is 599. The van der Waals surface area contributed by atoms with Crippen molar-refractivity contribution in [2.45, 2.75) is 0 Å². The lowest BCUT2D eigenvalue weighted by molar-refractivity contribution is 0.482. The average Bonchev–Trinajstić information content (AvgIpc) is 2.39. The number of nitrogens with two attached hydrogens (primary N) is 1. The predicted molar refractivity (Wildman–Crippen MR) is 81.0 cm³/mol. The Morgan fingerprint density at radius 1 is 1.21 bits per heavy atom. The molecule has 2 N–H and O–H groups in total. The molecule has 0 bridgehead atoms. The quantitative estimate of drug-likeness (QED) is 0.868. The number of ether oxygens (including phenoxy) is 1. The highest BCUT2D eigenvalue weighted by Gasteiger charge is 2.03. The molecule has 1 heterocycles. The Hall–Kier alpha value is -2.14. The summed E-state index contributed by atoms with van der Waals surface area (Å²) in [5, 5.41) is 0. The van der Waals surface area contributed by atoms with Gasteiger partial charge in [0.05, 0.1) is 0 Å². The molecule has 2 aromatic rings. The predicted octanol–water partition coefficient (Wildman–Crippen LogP) is 2.57. The number of hydrogen-bond donors (Lipinski definition) is 1. The van der Waals surface area contributed by atoms with Crippen LogP contribution in [-0.4, -0.2) is 24.1 Å². The van der Waals surface area contributed by atoms with Gasteiger partial charge in [0.25, 0.3) is 0 Å². The third-order valence-corrected chi connectivity index (χ3v) is 2.76. The van der Waals surface area contributed by atoms with Gasteiger partial charge in [0, 0.05) is 38.1 Å². The van der Waals surface area contributed by atoms with Crippen LogP contribution < -0.4 is 15.4 Å². The lowest BCUT2D eigenvalue weighted by atomic mass is 10.3. The van der Waals surface area contributed by atoms with E-state index in [2.05, 4.69) is 4.98 Å². The molecule has 0 atom stereocenters. The molecule has 0 unspecified atom stereocenters. The number of thiocarbonyl (C=S) groups is 1. The average molecular weight is 273 g/mol. The fourth-order valence-corrected chi connectivity index (χ4v) is 1.68. The van der Waals surface area contributed by atoms with Crippen molar-refractivity contribution < 1.29 is 4.74 Å². The molecule has 1 aromatic heterocycles. The summed E-state index contributed by atoms with van der Waals surface area (Å²) in [4.78, 5) is 6.34. The fourth-order valence-electron chi connectivity index (χ4n) is 1.57. The smallest absolute Gasteiger partial charge is 0.131 e. The molecule has 0 aliphatic rings. The van der Waals surface area contributed by atoms with Crippen molar-refractivity contribution in [1.29, 1.82) is 0 Å². The summed E-state index contributed by atoms with van der Waals surface area (Å²) >= 11 is 4.89. The molecular formula is C14H15N3OS. The third-order valence-electron chi connectivity index (χ3n) is 2.55. The summed E-state index contributed by atoms with van der Waals surface area (Å²) in [6.45, 7) is 0. The van der Waals surface area contributed by atoms with E-state index in [1.165, 1.54) is 0 Å². The van der Waals surface area contributed by atoms with Crippen molar-refractivity contribution >= 4 is 22.9 Å². The van der Waals surface area contributed by atoms with Crippen LogP contribution in [0.1, 0.15) is 5.69 Å². The minimum Gasteiger partial charge on any atom is -0.457 e. The van der Waals surface area contributed by atoms with Gasteiger partial charge in [-0.3, -0.25) is 4.98 Å². The molecular weight excluding hydrogens is 258 g/mol. The molecule has 0 fully saturated rings. The van der Waals surface area contributed by atoms with Gasteiger partial charge in [0.1, 0.15) is 22.2 Å². The van der Waals surface area contributed by atoms with Gasteiger partial charge >= 0.3 is 0 Å². The van der Waals surface area contributed by atoms with Crippen LogP contribution in [0.2, 0.25) is 0 Å². The summed E-state index contributed by atoms with van der Waals surface area (Å²) in [5.41, 5.74) is 7.17. The van der Waals surface area contributed by atoms with Gasteiger partial charge in [0.15, 0.2) is 0 Å². The number of hydrogen-bond acceptors (Lipinski definition) is 4. The largest absolute Gasteiger partial charge is 0.457 e. The molecule has 0 aliphatic heterocycles. The first kappa shape index (κ1) is 13.3. The Kier molecular flexibility index (Phi) is 3.97. The van der Waals surface area contributed by atoms with E-state index < -0.39 is 0 Å². The highest BCUT2D eigenvalue weighted by atomic mass is 32.1. The van der Waals surface area contributed by atoms with Crippen LogP contribution in [0.5, 0.6) is 11.5 Å². The van der Waals surface area contributed by atoms with Gasteiger partial charge in [0.2, 0.25) is 0 Å². The lowest BCUT2D eigenvalue weighted by Crippen LogP contribution is -2.11. The molecule has 2 rings (SSSR count). The van der Waals surface area contributed by atoms with E-state index in [0.29, 0.717) is 11.4 Å². The molecule has 98 valence electrons. The fraction of sp³-hybridized carbons (Fsp3) is 0.143. The minimum atomic E-state index is 0.257. The van der Waals surface area contributed by atoms with Crippen LogP contribution in [0.4, 0.5) is 5.69 Å². The Morgan fingerprint density at radius 2 is 1.95 bits per heavy atom.